The molecule has 1 aromatic heterocycles. The van der Waals surface area contributed by atoms with Crippen LogP contribution in [0.5, 0.6) is 5.75 Å². The van der Waals surface area contributed by atoms with E-state index >= 15 is 0 Å². The zero-order chi connectivity index (χ0) is 18.2. The van der Waals surface area contributed by atoms with Crippen molar-refractivity contribution in [2.45, 2.75) is 25.6 Å². The molecule has 0 bridgehead atoms. The van der Waals surface area contributed by atoms with E-state index in [2.05, 4.69) is 20.5 Å². The molecule has 2 rings (SSSR count). The molecule has 2 N–H and O–H groups in total. The number of imidazole rings is 1. The Balaban J connectivity index is 1.88. The molecule has 2 amide bonds. The zero-order valence-corrected chi connectivity index (χ0v) is 15.3. The molecule has 1 heterocycles. The Kier molecular flexibility index (Phi) is 6.82. The maximum absolute atomic E-state index is 12.2. The van der Waals surface area contributed by atoms with E-state index in [4.69, 9.17) is 4.74 Å². The molecule has 25 heavy (non-hydrogen) atoms. The number of urea groups is 1. The summed E-state index contributed by atoms with van der Waals surface area (Å²) < 4.78 is 7.22. The molecule has 7 nitrogen and oxygen atoms in total. The summed E-state index contributed by atoms with van der Waals surface area (Å²) in [5.74, 6) is 0.808. The second kappa shape index (κ2) is 9.08. The minimum absolute atomic E-state index is 0.00354. The van der Waals surface area contributed by atoms with Crippen LogP contribution in [0.1, 0.15) is 18.5 Å². The van der Waals surface area contributed by atoms with Crippen LogP contribution in [0.15, 0.2) is 43.0 Å². The van der Waals surface area contributed by atoms with Crippen LogP contribution in [0.25, 0.3) is 0 Å². The lowest BCUT2D eigenvalue weighted by Gasteiger charge is -2.26. The number of hydrogen-bond acceptors (Lipinski definition) is 4. The van der Waals surface area contributed by atoms with Crippen LogP contribution in [-0.4, -0.2) is 54.3 Å². The maximum atomic E-state index is 12.2. The minimum Gasteiger partial charge on any atom is -0.497 e. The van der Waals surface area contributed by atoms with Gasteiger partial charge >= 0.3 is 6.03 Å². The predicted molar refractivity (Wildman–Crippen MR) is 97.6 cm³/mol. The van der Waals surface area contributed by atoms with Gasteiger partial charge in [-0.05, 0) is 38.7 Å². The number of methoxy groups -OCH3 is 1. The van der Waals surface area contributed by atoms with E-state index < -0.39 is 0 Å². The number of benzene rings is 1. The highest BCUT2D eigenvalue weighted by atomic mass is 16.5. The highest BCUT2D eigenvalue weighted by Gasteiger charge is 2.16. The van der Waals surface area contributed by atoms with Crippen LogP contribution >= 0.6 is 0 Å². The van der Waals surface area contributed by atoms with Crippen LogP contribution in [0.4, 0.5) is 4.79 Å². The van der Waals surface area contributed by atoms with E-state index in [9.17, 15) is 4.79 Å². The molecule has 2 atom stereocenters. The number of hydrogen-bond donors (Lipinski definition) is 2. The molecular formula is C18H27N5O2. The molecule has 0 aliphatic rings. The lowest BCUT2D eigenvalue weighted by molar-refractivity contribution is 0.228. The molecule has 2 aromatic rings. The summed E-state index contributed by atoms with van der Waals surface area (Å²) in [6.45, 7) is 3.15. The average molecular weight is 345 g/mol. The SMILES string of the molecule is COc1cccc([C@@H](CNC(=O)N[C@H](C)Cn2ccnc2)N(C)C)c1. The third-order valence-corrected chi connectivity index (χ3v) is 3.98. The Morgan fingerprint density at radius 1 is 1.40 bits per heavy atom. The number of rotatable bonds is 8. The molecule has 0 fully saturated rings. The Bertz CT molecular complexity index is 657. The van der Waals surface area contributed by atoms with Crippen LogP contribution in [0.2, 0.25) is 0 Å². The van der Waals surface area contributed by atoms with E-state index in [-0.39, 0.29) is 18.1 Å². The van der Waals surface area contributed by atoms with Crippen LogP contribution in [-0.2, 0) is 6.54 Å². The monoisotopic (exact) mass is 345 g/mol. The lowest BCUT2D eigenvalue weighted by Crippen LogP contribution is -2.45. The lowest BCUT2D eigenvalue weighted by atomic mass is 10.1. The van der Waals surface area contributed by atoms with Crippen molar-refractivity contribution in [1.29, 1.82) is 0 Å². The van der Waals surface area contributed by atoms with E-state index in [1.54, 1.807) is 19.6 Å². The van der Waals surface area contributed by atoms with E-state index in [0.29, 0.717) is 13.1 Å². The highest BCUT2D eigenvalue weighted by Crippen LogP contribution is 2.21. The number of aromatic nitrogens is 2. The Morgan fingerprint density at radius 2 is 2.20 bits per heavy atom. The van der Waals surface area contributed by atoms with Crippen molar-refractivity contribution in [2.75, 3.05) is 27.7 Å². The molecular weight excluding hydrogens is 318 g/mol. The summed E-state index contributed by atoms with van der Waals surface area (Å²) in [5, 5.41) is 5.90. The van der Waals surface area contributed by atoms with Gasteiger partial charge in [0.2, 0.25) is 0 Å². The predicted octanol–water partition coefficient (Wildman–Crippen LogP) is 1.88. The Labute approximate surface area is 149 Å². The number of nitrogens with one attached hydrogen (secondary N) is 2. The summed E-state index contributed by atoms with van der Waals surface area (Å²) in [7, 11) is 5.63. The van der Waals surface area contributed by atoms with Crippen molar-refractivity contribution >= 4 is 6.03 Å². The third-order valence-electron chi connectivity index (χ3n) is 3.98. The van der Waals surface area contributed by atoms with Crippen molar-refractivity contribution in [2.24, 2.45) is 0 Å². The number of carbonyl (C=O) groups is 1. The van der Waals surface area contributed by atoms with Gasteiger partial charge < -0.3 is 24.8 Å². The summed E-state index contributed by atoms with van der Waals surface area (Å²) in [4.78, 5) is 18.2. The molecule has 0 aliphatic heterocycles. The van der Waals surface area contributed by atoms with Crippen molar-refractivity contribution < 1.29 is 9.53 Å². The molecule has 0 aliphatic carbocycles. The van der Waals surface area contributed by atoms with Gasteiger partial charge in [0.25, 0.3) is 0 Å². The van der Waals surface area contributed by atoms with Gasteiger partial charge in [-0.2, -0.15) is 0 Å². The first-order chi connectivity index (χ1) is 12.0. The van der Waals surface area contributed by atoms with Gasteiger partial charge in [0, 0.05) is 31.5 Å². The summed E-state index contributed by atoms with van der Waals surface area (Å²) in [5.41, 5.74) is 1.09. The number of ether oxygens (including phenoxy) is 1. The van der Waals surface area contributed by atoms with Gasteiger partial charge in [-0.1, -0.05) is 12.1 Å². The van der Waals surface area contributed by atoms with Crippen molar-refractivity contribution in [1.82, 2.24) is 25.1 Å². The Morgan fingerprint density at radius 3 is 2.84 bits per heavy atom. The van der Waals surface area contributed by atoms with Crippen molar-refractivity contribution in [3.63, 3.8) is 0 Å². The normalized spacial score (nSPS) is 13.3. The van der Waals surface area contributed by atoms with E-state index in [0.717, 1.165) is 11.3 Å². The summed E-state index contributed by atoms with van der Waals surface area (Å²) in [6.07, 6.45) is 5.34. The Hall–Kier alpha value is -2.54. The van der Waals surface area contributed by atoms with Gasteiger partial charge in [0.1, 0.15) is 5.75 Å². The van der Waals surface area contributed by atoms with Crippen molar-refractivity contribution in [3.05, 3.63) is 48.5 Å². The fourth-order valence-electron chi connectivity index (χ4n) is 2.67. The molecule has 0 unspecified atom stereocenters. The maximum Gasteiger partial charge on any atom is 0.315 e. The van der Waals surface area contributed by atoms with Gasteiger partial charge in [-0.25, -0.2) is 9.78 Å². The van der Waals surface area contributed by atoms with Gasteiger partial charge in [0.05, 0.1) is 19.5 Å². The second-order valence-corrected chi connectivity index (χ2v) is 6.27. The quantitative estimate of drug-likeness (QED) is 0.766. The van der Waals surface area contributed by atoms with Gasteiger partial charge in [-0.3, -0.25) is 0 Å². The number of nitrogens with zero attached hydrogens (tertiary/aromatic N) is 3. The van der Waals surface area contributed by atoms with Crippen LogP contribution in [0, 0.1) is 0 Å². The fourth-order valence-corrected chi connectivity index (χ4v) is 2.67. The molecule has 0 saturated heterocycles. The first-order valence-corrected chi connectivity index (χ1v) is 8.30. The van der Waals surface area contributed by atoms with Crippen LogP contribution < -0.4 is 15.4 Å². The van der Waals surface area contributed by atoms with Crippen LogP contribution in [0.3, 0.4) is 0 Å². The first-order valence-electron chi connectivity index (χ1n) is 8.30. The number of likely N-dealkylation sites (N-methyl/N-ethyl adjacent to an activating group) is 1. The second-order valence-electron chi connectivity index (χ2n) is 6.27. The molecule has 0 saturated carbocycles. The third kappa shape index (κ3) is 5.79. The molecule has 0 radical (unpaired) electrons. The van der Waals surface area contributed by atoms with Crippen molar-refractivity contribution in [3.8, 4) is 5.75 Å². The van der Waals surface area contributed by atoms with Gasteiger partial charge in [0.15, 0.2) is 0 Å². The fraction of sp³-hybridized carbons (Fsp3) is 0.444. The smallest absolute Gasteiger partial charge is 0.315 e. The average Bonchev–Trinajstić information content (AvgIpc) is 3.07. The first kappa shape index (κ1) is 18.8. The van der Waals surface area contributed by atoms with E-state index in [1.165, 1.54) is 0 Å². The standard InChI is InChI=1S/C18H27N5O2/c1-14(12-23-9-8-19-13-23)21-18(24)20-11-17(22(2)3)15-6-5-7-16(10-15)25-4/h5-10,13-14,17H,11-12H2,1-4H3,(H2,20,21,24)/t14-,17-/m1/s1. The van der Waals surface area contributed by atoms with E-state index in [1.807, 2.05) is 56.0 Å². The van der Waals surface area contributed by atoms with Gasteiger partial charge in [-0.15, -0.1) is 0 Å². The molecule has 7 heteroatoms. The topological polar surface area (TPSA) is 71.4 Å². The molecule has 136 valence electrons. The summed E-state index contributed by atoms with van der Waals surface area (Å²) >= 11 is 0. The minimum atomic E-state index is -0.178. The molecule has 0 spiro atoms. The molecule has 1 aromatic carbocycles. The zero-order valence-electron chi connectivity index (χ0n) is 15.3. The highest BCUT2D eigenvalue weighted by molar-refractivity contribution is 5.74. The largest absolute Gasteiger partial charge is 0.497 e. The number of amides is 2. The number of carbonyl (C=O) groups excluding carboxylic acids is 1. The summed E-state index contributed by atoms with van der Waals surface area (Å²) in [6, 6.07) is 7.78.